The van der Waals surface area contributed by atoms with Crippen LogP contribution in [0.15, 0.2) is 17.5 Å². The van der Waals surface area contributed by atoms with Crippen molar-refractivity contribution < 1.29 is 4.79 Å². The van der Waals surface area contributed by atoms with Crippen LogP contribution in [0.3, 0.4) is 0 Å². The second kappa shape index (κ2) is 5.14. The van der Waals surface area contributed by atoms with Crippen LogP contribution in [0.1, 0.15) is 23.3 Å². The summed E-state index contributed by atoms with van der Waals surface area (Å²) in [6.07, 6.45) is 2.62. The number of carbonyl (C=O) groups is 1. The molecule has 0 aromatic carbocycles. The average molecular weight is 303 g/mol. The van der Waals surface area contributed by atoms with E-state index < -0.39 is 0 Å². The lowest BCUT2D eigenvalue weighted by molar-refractivity contribution is 0.0653. The van der Waals surface area contributed by atoms with E-state index in [-0.39, 0.29) is 5.91 Å². The summed E-state index contributed by atoms with van der Waals surface area (Å²) in [5, 5.41) is 2.12. The first kappa shape index (κ1) is 13.3. The monoisotopic (exact) mass is 303 g/mol. The Hall–Kier alpha value is -1.33. The number of hydrogen-bond donors (Lipinski definition) is 0. The number of nitrogens with zero attached hydrogens (tertiary/aromatic N) is 3. The number of fused-ring (bicyclic) bond motifs is 1. The minimum Gasteiger partial charge on any atom is -0.336 e. The molecule has 0 bridgehead atoms. The van der Waals surface area contributed by atoms with Gasteiger partial charge in [-0.1, -0.05) is 0 Å². The van der Waals surface area contributed by atoms with Crippen molar-refractivity contribution in [2.75, 3.05) is 33.2 Å². The van der Waals surface area contributed by atoms with Crippen molar-refractivity contribution in [1.82, 2.24) is 14.4 Å². The molecule has 1 saturated heterocycles. The number of hydrogen-bond acceptors (Lipinski definition) is 3. The minimum atomic E-state index is 0.215. The van der Waals surface area contributed by atoms with Gasteiger partial charge in [0.15, 0.2) is 0 Å². The van der Waals surface area contributed by atoms with Crippen molar-refractivity contribution in [3.63, 3.8) is 0 Å². The molecule has 1 saturated carbocycles. The third-order valence-corrected chi connectivity index (χ3v) is 5.52. The first-order valence-electron chi connectivity index (χ1n) is 7.77. The number of carbonyl (C=O) groups excluding carboxylic acids is 1. The molecule has 1 aliphatic heterocycles. The summed E-state index contributed by atoms with van der Waals surface area (Å²) < 4.78 is 3.51. The number of likely N-dealkylation sites (N-methyl/N-ethyl adjacent to an activating group) is 1. The zero-order valence-corrected chi connectivity index (χ0v) is 13.2. The van der Waals surface area contributed by atoms with Crippen molar-refractivity contribution in [3.8, 4) is 0 Å². The molecule has 3 heterocycles. The molecule has 0 N–H and O–H groups in total. The lowest BCUT2D eigenvalue weighted by Crippen LogP contribution is -2.47. The van der Waals surface area contributed by atoms with Gasteiger partial charge in [-0.15, -0.1) is 11.3 Å². The topological polar surface area (TPSA) is 28.5 Å². The van der Waals surface area contributed by atoms with Crippen LogP contribution in [0.2, 0.25) is 0 Å². The van der Waals surface area contributed by atoms with Gasteiger partial charge >= 0.3 is 0 Å². The van der Waals surface area contributed by atoms with E-state index >= 15 is 0 Å². The smallest absolute Gasteiger partial charge is 0.270 e. The third-order valence-electron chi connectivity index (χ3n) is 4.67. The molecule has 112 valence electrons. The van der Waals surface area contributed by atoms with Crippen LogP contribution in [0.4, 0.5) is 0 Å². The molecule has 0 unspecified atom stereocenters. The molecule has 4 rings (SSSR count). The van der Waals surface area contributed by atoms with Gasteiger partial charge in [0.2, 0.25) is 0 Å². The molecule has 5 heteroatoms. The fourth-order valence-corrected chi connectivity index (χ4v) is 3.90. The Labute approximate surface area is 128 Å². The van der Waals surface area contributed by atoms with E-state index in [1.807, 2.05) is 4.90 Å². The predicted octanol–water partition coefficient (Wildman–Crippen LogP) is 2.50. The molecule has 1 aliphatic carbocycles. The van der Waals surface area contributed by atoms with Crippen molar-refractivity contribution in [1.29, 1.82) is 0 Å². The summed E-state index contributed by atoms with van der Waals surface area (Å²) in [5.74, 6) is 0.992. The van der Waals surface area contributed by atoms with Gasteiger partial charge in [0.25, 0.3) is 5.91 Å². The van der Waals surface area contributed by atoms with E-state index in [2.05, 4.69) is 34.0 Å². The minimum absolute atomic E-state index is 0.215. The second-order valence-electron chi connectivity index (χ2n) is 6.35. The number of aromatic nitrogens is 1. The molecular weight excluding hydrogens is 282 g/mol. The second-order valence-corrected chi connectivity index (χ2v) is 7.30. The Morgan fingerprint density at radius 1 is 1.29 bits per heavy atom. The van der Waals surface area contributed by atoms with E-state index in [9.17, 15) is 4.79 Å². The summed E-state index contributed by atoms with van der Waals surface area (Å²) in [6.45, 7) is 4.65. The first-order valence-corrected chi connectivity index (χ1v) is 8.65. The standard InChI is InChI=1S/C16H21N3OS/c1-17-5-7-18(8-6-17)16(20)14-10-15-13(4-9-21-15)19(14)11-12-2-3-12/h4,9-10,12H,2-3,5-8,11H2,1H3. The van der Waals surface area contributed by atoms with Gasteiger partial charge in [-0.2, -0.15) is 0 Å². The van der Waals surface area contributed by atoms with E-state index in [4.69, 9.17) is 0 Å². The highest BCUT2D eigenvalue weighted by Gasteiger charge is 2.28. The highest BCUT2D eigenvalue weighted by Crippen LogP contribution is 2.34. The summed E-state index contributed by atoms with van der Waals surface area (Å²) in [7, 11) is 2.12. The predicted molar refractivity (Wildman–Crippen MR) is 85.9 cm³/mol. The van der Waals surface area contributed by atoms with Crippen molar-refractivity contribution in [2.45, 2.75) is 19.4 Å². The van der Waals surface area contributed by atoms with Gasteiger partial charge in [-0.05, 0) is 43.3 Å². The lowest BCUT2D eigenvalue weighted by atomic mass is 10.3. The highest BCUT2D eigenvalue weighted by atomic mass is 32.1. The van der Waals surface area contributed by atoms with Gasteiger partial charge in [-0.25, -0.2) is 0 Å². The van der Waals surface area contributed by atoms with Crippen LogP contribution in [-0.2, 0) is 6.54 Å². The van der Waals surface area contributed by atoms with Crippen LogP contribution < -0.4 is 0 Å². The van der Waals surface area contributed by atoms with Gasteiger partial charge in [-0.3, -0.25) is 4.79 Å². The average Bonchev–Trinajstić information content (AvgIpc) is 3.07. The van der Waals surface area contributed by atoms with Crippen LogP contribution in [0.5, 0.6) is 0 Å². The molecule has 0 spiro atoms. The molecule has 21 heavy (non-hydrogen) atoms. The Kier molecular flexibility index (Phi) is 3.27. The Bertz CT molecular complexity index is 662. The van der Waals surface area contributed by atoms with Gasteiger partial charge < -0.3 is 14.4 Å². The zero-order valence-electron chi connectivity index (χ0n) is 12.4. The quantitative estimate of drug-likeness (QED) is 0.871. The summed E-state index contributed by atoms with van der Waals surface area (Å²) in [4.78, 5) is 17.2. The van der Waals surface area contributed by atoms with E-state index in [1.54, 1.807) is 11.3 Å². The number of thiophene rings is 1. The van der Waals surface area contributed by atoms with Crippen molar-refractivity contribution in [3.05, 3.63) is 23.2 Å². The lowest BCUT2D eigenvalue weighted by Gasteiger charge is -2.32. The fraction of sp³-hybridized carbons (Fsp3) is 0.562. The third kappa shape index (κ3) is 2.49. The first-order chi connectivity index (χ1) is 10.2. The molecule has 2 aromatic heterocycles. The number of rotatable bonds is 3. The molecule has 0 radical (unpaired) electrons. The van der Waals surface area contributed by atoms with Gasteiger partial charge in [0.1, 0.15) is 5.69 Å². The van der Waals surface area contributed by atoms with E-state index in [1.165, 1.54) is 23.1 Å². The number of amides is 1. The molecule has 4 nitrogen and oxygen atoms in total. The van der Waals surface area contributed by atoms with Gasteiger partial charge in [0, 0.05) is 32.7 Å². The van der Waals surface area contributed by atoms with Gasteiger partial charge in [0.05, 0.1) is 10.2 Å². The van der Waals surface area contributed by atoms with Crippen LogP contribution >= 0.6 is 11.3 Å². The molecule has 2 fully saturated rings. The summed E-state index contributed by atoms with van der Waals surface area (Å²) in [5.41, 5.74) is 2.14. The largest absolute Gasteiger partial charge is 0.336 e. The Balaban J connectivity index is 1.64. The summed E-state index contributed by atoms with van der Waals surface area (Å²) >= 11 is 1.73. The van der Waals surface area contributed by atoms with Crippen LogP contribution in [-0.4, -0.2) is 53.5 Å². The molecular formula is C16H21N3OS. The highest BCUT2D eigenvalue weighted by molar-refractivity contribution is 7.17. The SMILES string of the molecule is CN1CCN(C(=O)c2cc3sccc3n2CC2CC2)CC1. The molecule has 1 amide bonds. The van der Waals surface area contributed by atoms with Crippen LogP contribution in [0, 0.1) is 5.92 Å². The summed E-state index contributed by atoms with van der Waals surface area (Å²) in [6, 6.07) is 4.26. The van der Waals surface area contributed by atoms with E-state index in [0.29, 0.717) is 0 Å². The normalized spacial score (nSPS) is 20.3. The molecule has 2 aliphatic rings. The maximum Gasteiger partial charge on any atom is 0.270 e. The molecule has 0 atom stereocenters. The number of piperazine rings is 1. The van der Waals surface area contributed by atoms with Crippen LogP contribution in [0.25, 0.3) is 10.2 Å². The van der Waals surface area contributed by atoms with Crippen molar-refractivity contribution in [2.24, 2.45) is 5.92 Å². The fourth-order valence-electron chi connectivity index (χ4n) is 3.08. The molecule has 2 aromatic rings. The Morgan fingerprint density at radius 3 is 2.76 bits per heavy atom. The van der Waals surface area contributed by atoms with Crippen molar-refractivity contribution >= 4 is 27.5 Å². The maximum atomic E-state index is 12.9. The maximum absolute atomic E-state index is 12.9. The van der Waals surface area contributed by atoms with E-state index in [0.717, 1.165) is 44.3 Å². The zero-order chi connectivity index (χ0) is 14.4. The Morgan fingerprint density at radius 2 is 2.05 bits per heavy atom.